The number of hydrogen-bond donors (Lipinski definition) is 5. The van der Waals surface area contributed by atoms with Crippen LogP contribution in [0.15, 0.2) is 54.7 Å². The Balaban J connectivity index is 2.12. The molecule has 12 heteroatoms. The van der Waals surface area contributed by atoms with E-state index < -0.39 is 53.9 Å². The molecule has 0 aliphatic heterocycles. The van der Waals surface area contributed by atoms with Crippen molar-refractivity contribution in [3.8, 4) is 0 Å². The molecule has 2 atom stereocenters. The number of aromatic nitrogens is 1. The summed E-state index contributed by atoms with van der Waals surface area (Å²) in [6, 6.07) is 9.20. The molecule has 3 aromatic rings. The first-order chi connectivity index (χ1) is 17.4. The first-order valence-electron chi connectivity index (χ1n) is 11.1. The van der Waals surface area contributed by atoms with Crippen molar-refractivity contribution in [2.24, 2.45) is 0 Å². The molecule has 37 heavy (non-hydrogen) atoms. The highest BCUT2D eigenvalue weighted by Crippen LogP contribution is 2.45. The highest BCUT2D eigenvalue weighted by molar-refractivity contribution is 5.89. The molecule has 0 aliphatic carbocycles. The molecule has 0 spiro atoms. The summed E-state index contributed by atoms with van der Waals surface area (Å²) < 4.78 is 62.4. The second kappa shape index (κ2) is 11.1. The van der Waals surface area contributed by atoms with Crippen LogP contribution >= 0.6 is 0 Å². The van der Waals surface area contributed by atoms with Crippen molar-refractivity contribution in [1.29, 1.82) is 5.41 Å². The molecule has 8 nitrogen and oxygen atoms in total. The molecule has 5 N–H and O–H groups in total. The highest BCUT2D eigenvalue weighted by atomic mass is 19.4. The number of aliphatic hydroxyl groups excluding tert-OH is 2. The molecule has 0 fully saturated rings. The highest BCUT2D eigenvalue weighted by Gasteiger charge is 2.57. The lowest BCUT2D eigenvalue weighted by Crippen LogP contribution is -2.43. The maximum atomic E-state index is 14.4. The molecule has 2 aromatic carbocycles. The lowest BCUT2D eigenvalue weighted by Gasteiger charge is -2.31. The number of esters is 1. The van der Waals surface area contributed by atoms with Gasteiger partial charge in [-0.3, -0.25) is 0 Å². The number of benzene rings is 2. The number of aliphatic hydroxyl groups is 3. The van der Waals surface area contributed by atoms with E-state index in [0.29, 0.717) is 5.69 Å². The first-order valence-corrected chi connectivity index (χ1v) is 11.1. The predicted octanol–water partition coefficient (Wildman–Crippen LogP) is 3.70. The molecule has 0 bridgehead atoms. The smallest absolute Gasteiger partial charge is 0.425 e. The zero-order chi connectivity index (χ0) is 27.4. The van der Waals surface area contributed by atoms with Gasteiger partial charge in [0.1, 0.15) is 11.5 Å². The van der Waals surface area contributed by atoms with Crippen molar-refractivity contribution in [3.63, 3.8) is 0 Å². The van der Waals surface area contributed by atoms with Crippen molar-refractivity contribution >= 4 is 23.6 Å². The van der Waals surface area contributed by atoms with Crippen LogP contribution in [-0.2, 0) is 16.9 Å². The molecule has 1 aromatic heterocycles. The Morgan fingerprint density at radius 1 is 1.16 bits per heavy atom. The van der Waals surface area contributed by atoms with E-state index >= 15 is 0 Å². The number of rotatable bonds is 10. The van der Waals surface area contributed by atoms with Crippen LogP contribution < -0.4 is 5.32 Å². The number of nitrogens with zero attached hydrogens (tertiary/aromatic N) is 1. The van der Waals surface area contributed by atoms with E-state index in [1.807, 2.05) is 0 Å². The zero-order valence-electron chi connectivity index (χ0n) is 19.6. The van der Waals surface area contributed by atoms with Gasteiger partial charge in [0.25, 0.3) is 0 Å². The van der Waals surface area contributed by atoms with Gasteiger partial charge in [0.2, 0.25) is 5.60 Å². The van der Waals surface area contributed by atoms with Crippen molar-refractivity contribution in [1.82, 2.24) is 4.57 Å². The minimum absolute atomic E-state index is 0.00903. The van der Waals surface area contributed by atoms with Crippen LogP contribution in [-0.4, -0.2) is 57.6 Å². The van der Waals surface area contributed by atoms with E-state index in [-0.39, 0.29) is 23.6 Å². The molecule has 2 unspecified atom stereocenters. The quantitative estimate of drug-likeness (QED) is 0.157. The third kappa shape index (κ3) is 5.82. The minimum Gasteiger partial charge on any atom is -0.461 e. The summed E-state index contributed by atoms with van der Waals surface area (Å²) in [4.78, 5) is 12.4. The Hall–Kier alpha value is -3.74. The summed E-state index contributed by atoms with van der Waals surface area (Å²) in [5, 5.41) is 40.6. The normalized spacial score (nSPS) is 14.1. The van der Waals surface area contributed by atoms with Crippen molar-refractivity contribution in [2.75, 3.05) is 18.5 Å². The van der Waals surface area contributed by atoms with Crippen molar-refractivity contribution < 1.29 is 42.4 Å². The summed E-state index contributed by atoms with van der Waals surface area (Å²) in [5.41, 5.74) is -4.72. The molecular weight excluding hydrogens is 498 g/mol. The lowest BCUT2D eigenvalue weighted by molar-refractivity contribution is -0.248. The third-order valence-electron chi connectivity index (χ3n) is 5.58. The van der Waals surface area contributed by atoms with Gasteiger partial charge in [0.05, 0.1) is 25.9 Å². The monoisotopic (exact) mass is 523 g/mol. The Labute approximate surface area is 209 Å². The third-order valence-corrected chi connectivity index (χ3v) is 5.58. The van der Waals surface area contributed by atoms with Gasteiger partial charge >= 0.3 is 12.1 Å². The summed E-state index contributed by atoms with van der Waals surface area (Å²) in [6.45, 7) is 0.271. The fourth-order valence-corrected chi connectivity index (χ4v) is 3.72. The SMILES string of the molecule is CCOC(=O)c1cc(C(O)(c2ccc(Nc3ccc(F)cc3)c(C=N)c2)C(F)(F)F)cn1CC(O)CO. The van der Waals surface area contributed by atoms with E-state index in [1.54, 1.807) is 0 Å². The molecule has 0 saturated heterocycles. The maximum absolute atomic E-state index is 14.4. The molecule has 0 aliphatic rings. The van der Waals surface area contributed by atoms with Gasteiger partial charge in [-0.1, -0.05) is 6.07 Å². The average molecular weight is 523 g/mol. The van der Waals surface area contributed by atoms with Gasteiger partial charge in [-0.25, -0.2) is 9.18 Å². The van der Waals surface area contributed by atoms with E-state index in [9.17, 15) is 32.6 Å². The molecule has 3 rings (SSSR count). The summed E-state index contributed by atoms with van der Waals surface area (Å²) in [5.74, 6) is -1.47. The number of ether oxygens (including phenoxy) is 1. The van der Waals surface area contributed by atoms with Crippen LogP contribution in [0.4, 0.5) is 28.9 Å². The van der Waals surface area contributed by atoms with Crippen LogP contribution in [0.1, 0.15) is 34.1 Å². The zero-order valence-corrected chi connectivity index (χ0v) is 19.6. The standard InChI is InChI=1S/C25H25F4N3O5/c1-2-37-23(35)22-10-17(12-32(22)13-20(34)14-33)24(36,25(27,28)29)16-3-8-21(15(9-16)11-30)31-19-6-4-18(26)5-7-19/h3-12,20,30-31,33-34,36H,2,13-14H2,1H3. The number of alkyl halides is 3. The van der Waals surface area contributed by atoms with E-state index in [1.165, 1.54) is 37.3 Å². The summed E-state index contributed by atoms with van der Waals surface area (Å²) >= 11 is 0. The van der Waals surface area contributed by atoms with Gasteiger partial charge in [-0.15, -0.1) is 0 Å². The van der Waals surface area contributed by atoms with Crippen molar-refractivity contribution in [3.05, 3.63) is 82.9 Å². The van der Waals surface area contributed by atoms with Gasteiger partial charge in [0, 0.05) is 34.9 Å². The second-order valence-corrected chi connectivity index (χ2v) is 8.11. The molecule has 0 radical (unpaired) electrons. The Morgan fingerprint density at radius 2 is 1.84 bits per heavy atom. The van der Waals surface area contributed by atoms with E-state index in [2.05, 4.69) is 5.32 Å². The lowest BCUT2D eigenvalue weighted by atomic mass is 9.86. The Bertz CT molecular complexity index is 1260. The van der Waals surface area contributed by atoms with Gasteiger partial charge in [0.15, 0.2) is 0 Å². The largest absolute Gasteiger partial charge is 0.461 e. The fraction of sp³-hybridized carbons (Fsp3) is 0.280. The van der Waals surface area contributed by atoms with E-state index in [0.717, 1.165) is 35.2 Å². The molecule has 0 saturated carbocycles. The molecule has 1 heterocycles. The second-order valence-electron chi connectivity index (χ2n) is 8.11. The molecule has 198 valence electrons. The number of halogens is 4. The van der Waals surface area contributed by atoms with Crippen LogP contribution in [0.25, 0.3) is 0 Å². The van der Waals surface area contributed by atoms with Gasteiger partial charge in [-0.05, 0) is 55.0 Å². The van der Waals surface area contributed by atoms with Crippen LogP contribution in [0, 0.1) is 11.2 Å². The summed E-state index contributed by atoms with van der Waals surface area (Å²) in [7, 11) is 0. The Kier molecular flexibility index (Phi) is 8.36. The van der Waals surface area contributed by atoms with Gasteiger partial charge < -0.3 is 35.3 Å². The number of carbonyl (C=O) groups is 1. The maximum Gasteiger partial charge on any atom is 0.425 e. The van der Waals surface area contributed by atoms with Crippen molar-refractivity contribution in [2.45, 2.75) is 31.3 Å². The minimum atomic E-state index is -5.27. The molecular formula is C25H25F4N3O5. The number of hydrogen-bond acceptors (Lipinski definition) is 7. The van der Waals surface area contributed by atoms with Gasteiger partial charge in [-0.2, -0.15) is 13.2 Å². The summed E-state index contributed by atoms with van der Waals surface area (Å²) in [6.07, 6.45) is -5.02. The van der Waals surface area contributed by atoms with Crippen LogP contribution in [0.5, 0.6) is 0 Å². The number of carbonyl (C=O) groups excluding carboxylic acids is 1. The number of nitrogens with one attached hydrogen (secondary N) is 2. The predicted molar refractivity (Wildman–Crippen MR) is 127 cm³/mol. The van der Waals surface area contributed by atoms with Crippen LogP contribution in [0.3, 0.4) is 0 Å². The topological polar surface area (TPSA) is 128 Å². The average Bonchev–Trinajstić information content (AvgIpc) is 3.28. The Morgan fingerprint density at radius 3 is 2.41 bits per heavy atom. The fourth-order valence-electron chi connectivity index (χ4n) is 3.72. The van der Waals surface area contributed by atoms with E-state index in [4.69, 9.17) is 15.3 Å². The molecule has 0 amide bonds. The number of anilines is 2. The van der Waals surface area contributed by atoms with Crippen LogP contribution in [0.2, 0.25) is 0 Å². The first kappa shape index (κ1) is 27.8.